The third-order valence-electron chi connectivity index (χ3n) is 5.64. The minimum atomic E-state index is -0.222. The summed E-state index contributed by atoms with van der Waals surface area (Å²) in [5.41, 5.74) is 1.04. The van der Waals surface area contributed by atoms with E-state index in [-0.39, 0.29) is 23.5 Å². The Labute approximate surface area is 167 Å². The minimum Gasteiger partial charge on any atom is -0.449 e. The molecule has 29 heavy (non-hydrogen) atoms. The van der Waals surface area contributed by atoms with E-state index >= 15 is 0 Å². The van der Waals surface area contributed by atoms with Crippen LogP contribution in [-0.2, 0) is 22.5 Å². The molecule has 0 spiro atoms. The highest BCUT2D eigenvalue weighted by atomic mass is 16.5. The van der Waals surface area contributed by atoms with E-state index in [9.17, 15) is 9.59 Å². The number of nitrogens with one attached hydrogen (secondary N) is 1. The molecule has 8 nitrogen and oxygen atoms in total. The number of aromatic nitrogens is 2. The molecular formula is C21H22N4O4. The fraction of sp³-hybridized carbons (Fsp3) is 0.381. The van der Waals surface area contributed by atoms with Crippen LogP contribution < -0.4 is 5.32 Å². The first-order valence-electron chi connectivity index (χ1n) is 9.90. The molecule has 0 aliphatic carbocycles. The zero-order valence-corrected chi connectivity index (χ0v) is 16.0. The molecule has 0 radical (unpaired) electrons. The van der Waals surface area contributed by atoms with Crippen molar-refractivity contribution in [3.8, 4) is 0 Å². The zero-order chi connectivity index (χ0) is 19.8. The summed E-state index contributed by atoms with van der Waals surface area (Å²) in [7, 11) is 0. The summed E-state index contributed by atoms with van der Waals surface area (Å²) in [6.07, 6.45) is 5.15. The summed E-state index contributed by atoms with van der Waals surface area (Å²) in [6.45, 7) is 2.61. The number of hydrogen-bond donors (Lipinski definition) is 1. The lowest BCUT2D eigenvalue weighted by atomic mass is 9.98. The minimum absolute atomic E-state index is 0.105. The maximum Gasteiger partial charge on any atom is 0.291 e. The van der Waals surface area contributed by atoms with Gasteiger partial charge in [0.25, 0.3) is 5.91 Å². The number of carbonyl (C=O) groups excluding carboxylic acids is 2. The summed E-state index contributed by atoms with van der Waals surface area (Å²) in [5.74, 6) is 0.676. The van der Waals surface area contributed by atoms with Gasteiger partial charge in [0.05, 0.1) is 19.1 Å². The van der Waals surface area contributed by atoms with E-state index in [2.05, 4.69) is 10.3 Å². The molecule has 2 aromatic heterocycles. The number of hydrogen-bond acceptors (Lipinski definition) is 5. The van der Waals surface area contributed by atoms with Gasteiger partial charge in [-0.15, -0.1) is 0 Å². The van der Waals surface area contributed by atoms with Crippen molar-refractivity contribution in [2.45, 2.75) is 19.4 Å². The van der Waals surface area contributed by atoms with Crippen molar-refractivity contribution in [2.75, 3.05) is 31.6 Å². The summed E-state index contributed by atoms with van der Waals surface area (Å²) >= 11 is 0. The Kier molecular flexibility index (Phi) is 4.55. The van der Waals surface area contributed by atoms with Gasteiger partial charge in [-0.3, -0.25) is 9.59 Å². The number of aryl methyl sites for hydroxylation is 1. The van der Waals surface area contributed by atoms with Crippen LogP contribution in [0.5, 0.6) is 0 Å². The van der Waals surface area contributed by atoms with Gasteiger partial charge in [0.15, 0.2) is 0 Å². The van der Waals surface area contributed by atoms with Crippen LogP contribution in [0.25, 0.3) is 11.0 Å². The number of furan rings is 1. The standard InChI is InChI=1S/C21H22N4O4/c26-20(14-5-6-17-22-7-8-25(17)13-14)23-18-15-3-1-2-4-16(15)29-19(18)21(27)24-9-11-28-12-10-24/h1-4,7-8,14H,5-6,9-13H2,(H,23,26). The second kappa shape index (κ2) is 7.36. The smallest absolute Gasteiger partial charge is 0.291 e. The molecule has 0 bridgehead atoms. The Morgan fingerprint density at radius 3 is 2.86 bits per heavy atom. The number of morpholine rings is 1. The number of ether oxygens (including phenoxy) is 1. The Balaban J connectivity index is 1.44. The Bertz CT molecular complexity index is 1060. The highest BCUT2D eigenvalue weighted by Crippen LogP contribution is 2.33. The fourth-order valence-electron chi connectivity index (χ4n) is 4.04. The molecule has 150 valence electrons. The average Bonchev–Trinajstić information content (AvgIpc) is 3.38. The van der Waals surface area contributed by atoms with Crippen molar-refractivity contribution in [1.82, 2.24) is 14.5 Å². The van der Waals surface area contributed by atoms with Gasteiger partial charge < -0.3 is 23.9 Å². The van der Waals surface area contributed by atoms with Crippen LogP contribution in [0.3, 0.4) is 0 Å². The van der Waals surface area contributed by atoms with Crippen molar-refractivity contribution in [2.24, 2.45) is 5.92 Å². The molecule has 1 N–H and O–H groups in total. The second-order valence-corrected chi connectivity index (χ2v) is 7.43. The summed E-state index contributed by atoms with van der Waals surface area (Å²) < 4.78 is 13.2. The van der Waals surface area contributed by atoms with Crippen LogP contribution in [0, 0.1) is 5.92 Å². The number of carbonyl (C=O) groups is 2. The maximum atomic E-state index is 13.1. The molecule has 1 unspecified atom stereocenters. The van der Waals surface area contributed by atoms with Crippen LogP contribution in [0.1, 0.15) is 22.8 Å². The van der Waals surface area contributed by atoms with Crippen molar-refractivity contribution in [1.29, 1.82) is 0 Å². The molecule has 1 saturated heterocycles. The molecule has 0 saturated carbocycles. The van der Waals surface area contributed by atoms with Gasteiger partial charge >= 0.3 is 0 Å². The number of imidazole rings is 1. The highest BCUT2D eigenvalue weighted by Gasteiger charge is 2.30. The van der Waals surface area contributed by atoms with Crippen LogP contribution in [0.2, 0.25) is 0 Å². The number of benzene rings is 1. The van der Waals surface area contributed by atoms with Crippen molar-refractivity contribution in [3.63, 3.8) is 0 Å². The molecule has 1 atom stereocenters. The van der Waals surface area contributed by atoms with Crippen LogP contribution in [0.4, 0.5) is 5.69 Å². The van der Waals surface area contributed by atoms with Gasteiger partial charge in [-0.25, -0.2) is 4.98 Å². The van der Waals surface area contributed by atoms with Crippen LogP contribution >= 0.6 is 0 Å². The number of fused-ring (bicyclic) bond motifs is 2. The van der Waals surface area contributed by atoms with Crippen molar-refractivity contribution >= 4 is 28.5 Å². The fourth-order valence-corrected chi connectivity index (χ4v) is 4.04. The van der Waals surface area contributed by atoms with E-state index in [0.717, 1.165) is 24.1 Å². The quantitative estimate of drug-likeness (QED) is 0.736. The van der Waals surface area contributed by atoms with Gasteiger partial charge in [0.2, 0.25) is 11.7 Å². The van der Waals surface area contributed by atoms with Gasteiger partial charge in [-0.05, 0) is 18.6 Å². The number of anilines is 1. The predicted octanol–water partition coefficient (Wildman–Crippen LogP) is 2.30. The van der Waals surface area contributed by atoms with E-state index in [1.807, 2.05) is 29.0 Å². The first kappa shape index (κ1) is 17.9. The average molecular weight is 394 g/mol. The molecule has 8 heteroatoms. The Morgan fingerprint density at radius 1 is 1.17 bits per heavy atom. The molecule has 2 aliphatic rings. The SMILES string of the molecule is O=C(Nc1c(C(=O)N2CCOCC2)oc2ccccc12)C1CCc2nccn2C1. The molecular weight excluding hydrogens is 372 g/mol. The third kappa shape index (κ3) is 3.29. The maximum absolute atomic E-state index is 13.1. The van der Waals surface area contributed by atoms with Crippen LogP contribution in [0.15, 0.2) is 41.1 Å². The monoisotopic (exact) mass is 394 g/mol. The van der Waals surface area contributed by atoms with Gasteiger partial charge in [0.1, 0.15) is 17.1 Å². The zero-order valence-electron chi connectivity index (χ0n) is 16.0. The van der Waals surface area contributed by atoms with Gasteiger partial charge in [0, 0.05) is 43.8 Å². The van der Waals surface area contributed by atoms with E-state index in [1.165, 1.54) is 0 Å². The molecule has 2 amide bonds. The third-order valence-corrected chi connectivity index (χ3v) is 5.64. The molecule has 5 rings (SSSR count). The summed E-state index contributed by atoms with van der Waals surface area (Å²) in [4.78, 5) is 32.2. The van der Waals surface area contributed by atoms with Crippen molar-refractivity contribution in [3.05, 3.63) is 48.2 Å². The van der Waals surface area contributed by atoms with Crippen molar-refractivity contribution < 1.29 is 18.7 Å². The van der Waals surface area contributed by atoms with Gasteiger partial charge in [-0.1, -0.05) is 12.1 Å². The van der Waals surface area contributed by atoms with Gasteiger partial charge in [-0.2, -0.15) is 0 Å². The topological polar surface area (TPSA) is 89.6 Å². The predicted molar refractivity (Wildman–Crippen MR) is 106 cm³/mol. The Morgan fingerprint density at radius 2 is 2.00 bits per heavy atom. The van der Waals surface area contributed by atoms with E-state index < -0.39 is 0 Å². The van der Waals surface area contributed by atoms with E-state index in [0.29, 0.717) is 44.1 Å². The largest absolute Gasteiger partial charge is 0.449 e. The lowest BCUT2D eigenvalue weighted by Gasteiger charge is -2.26. The lowest BCUT2D eigenvalue weighted by Crippen LogP contribution is -2.41. The number of amides is 2. The molecule has 4 heterocycles. The number of nitrogens with zero attached hydrogens (tertiary/aromatic N) is 3. The summed E-state index contributed by atoms with van der Waals surface area (Å²) in [6, 6.07) is 7.38. The molecule has 1 aromatic carbocycles. The Hall–Kier alpha value is -3.13. The molecule has 3 aromatic rings. The molecule has 1 fully saturated rings. The lowest BCUT2D eigenvalue weighted by molar-refractivity contribution is -0.120. The van der Waals surface area contributed by atoms with E-state index in [1.54, 1.807) is 17.2 Å². The first-order valence-corrected chi connectivity index (χ1v) is 9.90. The molecule has 2 aliphatic heterocycles. The normalized spacial score (nSPS) is 19.2. The number of rotatable bonds is 3. The number of para-hydroxylation sites is 1. The first-order chi connectivity index (χ1) is 14.2. The van der Waals surface area contributed by atoms with Crippen LogP contribution in [-0.4, -0.2) is 52.6 Å². The van der Waals surface area contributed by atoms with E-state index in [4.69, 9.17) is 9.15 Å². The second-order valence-electron chi connectivity index (χ2n) is 7.43. The summed E-state index contributed by atoms with van der Waals surface area (Å²) in [5, 5.41) is 3.73. The highest BCUT2D eigenvalue weighted by molar-refractivity contribution is 6.11.